The molecule has 2 rings (SSSR count). The zero-order valence-electron chi connectivity index (χ0n) is 11.0. The molecule has 0 atom stereocenters. The molecule has 3 heteroatoms. The second-order valence-corrected chi connectivity index (χ2v) is 5.63. The van der Waals surface area contributed by atoms with Crippen molar-refractivity contribution in [3.63, 3.8) is 0 Å². The molecule has 0 aliphatic carbocycles. The summed E-state index contributed by atoms with van der Waals surface area (Å²) in [5, 5.41) is 3.00. The maximum atomic E-state index is 11.7. The number of anilines is 1. The third-order valence-corrected chi connectivity index (χ3v) is 2.97. The Balaban J connectivity index is 2.30. The van der Waals surface area contributed by atoms with Crippen LogP contribution in [0.5, 0.6) is 0 Å². The van der Waals surface area contributed by atoms with E-state index in [9.17, 15) is 4.79 Å². The molecular weight excluding hydrogens is 212 g/mol. The smallest absolute Gasteiger partial charge is 0.239 e. The van der Waals surface area contributed by atoms with Gasteiger partial charge < -0.3 is 10.2 Å². The molecule has 1 heterocycles. The van der Waals surface area contributed by atoms with E-state index in [4.69, 9.17) is 0 Å². The number of nitrogens with zero attached hydrogens (tertiary/aromatic N) is 1. The average Bonchev–Trinajstić information content (AvgIpc) is 2.12. The van der Waals surface area contributed by atoms with Gasteiger partial charge in [-0.1, -0.05) is 6.07 Å². The van der Waals surface area contributed by atoms with Crippen LogP contribution in [0.15, 0.2) is 18.2 Å². The van der Waals surface area contributed by atoms with E-state index >= 15 is 0 Å². The van der Waals surface area contributed by atoms with Crippen LogP contribution in [0.1, 0.15) is 25.0 Å². The summed E-state index contributed by atoms with van der Waals surface area (Å²) in [5.74, 6) is 0.0976. The second-order valence-electron chi connectivity index (χ2n) is 5.63. The lowest BCUT2D eigenvalue weighted by Gasteiger charge is -2.39. The first-order valence-electron chi connectivity index (χ1n) is 6.00. The number of hydrogen-bond donors (Lipinski definition) is 1. The first kappa shape index (κ1) is 12.0. The van der Waals surface area contributed by atoms with Crippen molar-refractivity contribution in [2.24, 2.45) is 0 Å². The Labute approximate surface area is 103 Å². The van der Waals surface area contributed by atoms with Crippen molar-refractivity contribution in [1.82, 2.24) is 5.32 Å². The highest BCUT2D eigenvalue weighted by Gasteiger charge is 2.30. The fourth-order valence-electron chi connectivity index (χ4n) is 2.48. The third kappa shape index (κ3) is 2.78. The highest BCUT2D eigenvalue weighted by molar-refractivity contribution is 5.83. The van der Waals surface area contributed by atoms with Crippen LogP contribution in [-0.4, -0.2) is 24.5 Å². The molecule has 0 saturated carbocycles. The van der Waals surface area contributed by atoms with Crippen LogP contribution in [0.2, 0.25) is 0 Å². The van der Waals surface area contributed by atoms with Crippen LogP contribution >= 0.6 is 0 Å². The normalized spacial score (nSPS) is 19.1. The van der Waals surface area contributed by atoms with Crippen molar-refractivity contribution in [2.75, 3.05) is 18.0 Å². The van der Waals surface area contributed by atoms with Crippen molar-refractivity contribution in [2.45, 2.75) is 33.2 Å². The van der Waals surface area contributed by atoms with Crippen LogP contribution in [0, 0.1) is 13.8 Å². The molecular formula is C14H20N2O. The van der Waals surface area contributed by atoms with Crippen molar-refractivity contribution in [3.8, 4) is 0 Å². The lowest BCUT2D eigenvalue weighted by molar-refractivity contribution is -0.122. The minimum atomic E-state index is -0.160. The maximum absolute atomic E-state index is 11.7. The van der Waals surface area contributed by atoms with Crippen LogP contribution < -0.4 is 10.2 Å². The first-order chi connectivity index (χ1) is 7.85. The fraction of sp³-hybridized carbons (Fsp3) is 0.500. The highest BCUT2D eigenvalue weighted by atomic mass is 16.2. The molecule has 92 valence electrons. The van der Waals surface area contributed by atoms with Crippen LogP contribution in [-0.2, 0) is 4.79 Å². The van der Waals surface area contributed by atoms with Gasteiger partial charge in [0.1, 0.15) is 0 Å². The van der Waals surface area contributed by atoms with Gasteiger partial charge in [-0.05, 0) is 51.0 Å². The van der Waals surface area contributed by atoms with E-state index in [1.807, 2.05) is 0 Å². The van der Waals surface area contributed by atoms with E-state index in [0.717, 1.165) is 12.2 Å². The van der Waals surface area contributed by atoms with Gasteiger partial charge in [-0.25, -0.2) is 0 Å². The van der Waals surface area contributed by atoms with Crippen molar-refractivity contribution in [3.05, 3.63) is 29.3 Å². The molecule has 1 aromatic rings. The van der Waals surface area contributed by atoms with Gasteiger partial charge in [0, 0.05) is 12.2 Å². The summed E-state index contributed by atoms with van der Waals surface area (Å²) in [4.78, 5) is 13.8. The van der Waals surface area contributed by atoms with E-state index in [2.05, 4.69) is 56.1 Å². The van der Waals surface area contributed by atoms with Gasteiger partial charge in [-0.3, -0.25) is 4.79 Å². The summed E-state index contributed by atoms with van der Waals surface area (Å²) in [6, 6.07) is 6.43. The lowest BCUT2D eigenvalue weighted by Crippen LogP contribution is -2.60. The molecule has 0 spiro atoms. The summed E-state index contributed by atoms with van der Waals surface area (Å²) in [6.45, 7) is 9.59. The number of carbonyl (C=O) groups excluding carboxylic acids is 1. The van der Waals surface area contributed by atoms with E-state index < -0.39 is 0 Å². The standard InChI is InChI=1S/C14H20N2O/c1-10-5-11(2)7-12(6-10)16-8-13(17)15-14(3,4)9-16/h5-7H,8-9H2,1-4H3,(H,15,17). The van der Waals surface area contributed by atoms with Gasteiger partial charge >= 0.3 is 0 Å². The monoisotopic (exact) mass is 232 g/mol. The van der Waals surface area contributed by atoms with Gasteiger partial charge in [0.2, 0.25) is 5.91 Å². The Hall–Kier alpha value is -1.51. The molecule has 1 aliphatic rings. The SMILES string of the molecule is Cc1cc(C)cc(N2CC(=O)NC(C)(C)C2)c1. The molecule has 17 heavy (non-hydrogen) atoms. The molecule has 0 radical (unpaired) electrons. The fourth-order valence-corrected chi connectivity index (χ4v) is 2.48. The predicted octanol–water partition coefficient (Wildman–Crippen LogP) is 2.02. The van der Waals surface area contributed by atoms with Crippen molar-refractivity contribution >= 4 is 11.6 Å². The second kappa shape index (κ2) is 4.06. The van der Waals surface area contributed by atoms with Gasteiger partial charge in [0.15, 0.2) is 0 Å². The zero-order valence-corrected chi connectivity index (χ0v) is 11.0. The third-order valence-electron chi connectivity index (χ3n) is 2.97. The van der Waals surface area contributed by atoms with Gasteiger partial charge in [0.05, 0.1) is 12.1 Å². The Bertz CT molecular complexity index is 431. The predicted molar refractivity (Wildman–Crippen MR) is 70.4 cm³/mol. The molecule has 1 fully saturated rings. The number of hydrogen-bond acceptors (Lipinski definition) is 2. The number of amides is 1. The van der Waals surface area contributed by atoms with Gasteiger partial charge in [-0.15, -0.1) is 0 Å². The van der Waals surface area contributed by atoms with Crippen LogP contribution in [0.4, 0.5) is 5.69 Å². The van der Waals surface area contributed by atoms with E-state index in [1.165, 1.54) is 11.1 Å². The summed E-state index contributed by atoms with van der Waals surface area (Å²) >= 11 is 0. The number of aryl methyl sites for hydroxylation is 2. The molecule has 1 saturated heterocycles. The van der Waals surface area contributed by atoms with Gasteiger partial charge in [-0.2, -0.15) is 0 Å². The molecule has 1 aliphatic heterocycles. The number of rotatable bonds is 1. The molecule has 3 nitrogen and oxygen atoms in total. The molecule has 0 aromatic heterocycles. The van der Waals surface area contributed by atoms with Gasteiger partial charge in [0.25, 0.3) is 0 Å². The summed E-state index contributed by atoms with van der Waals surface area (Å²) < 4.78 is 0. The number of carbonyl (C=O) groups is 1. The highest BCUT2D eigenvalue weighted by Crippen LogP contribution is 2.22. The Morgan fingerprint density at radius 3 is 2.29 bits per heavy atom. The number of piperazine rings is 1. The summed E-state index contributed by atoms with van der Waals surface area (Å²) in [6.07, 6.45) is 0. The van der Waals surface area contributed by atoms with Crippen molar-refractivity contribution in [1.29, 1.82) is 0 Å². The summed E-state index contributed by atoms with van der Waals surface area (Å²) in [7, 11) is 0. The first-order valence-corrected chi connectivity index (χ1v) is 6.00. The maximum Gasteiger partial charge on any atom is 0.239 e. The van der Waals surface area contributed by atoms with Crippen LogP contribution in [0.25, 0.3) is 0 Å². The molecule has 1 N–H and O–H groups in total. The Kier molecular flexibility index (Phi) is 2.86. The molecule has 1 amide bonds. The number of benzene rings is 1. The molecule has 1 aromatic carbocycles. The number of nitrogens with one attached hydrogen (secondary N) is 1. The average molecular weight is 232 g/mol. The largest absolute Gasteiger partial charge is 0.360 e. The zero-order chi connectivity index (χ0) is 12.6. The molecule has 0 bridgehead atoms. The summed E-state index contributed by atoms with van der Waals surface area (Å²) in [5.41, 5.74) is 3.46. The topological polar surface area (TPSA) is 32.3 Å². The minimum absolute atomic E-state index is 0.0976. The van der Waals surface area contributed by atoms with Crippen molar-refractivity contribution < 1.29 is 4.79 Å². The van der Waals surface area contributed by atoms with E-state index in [0.29, 0.717) is 6.54 Å². The lowest BCUT2D eigenvalue weighted by atomic mass is 10.0. The van der Waals surface area contributed by atoms with Crippen LogP contribution in [0.3, 0.4) is 0 Å². The Morgan fingerprint density at radius 1 is 1.18 bits per heavy atom. The van der Waals surface area contributed by atoms with E-state index in [-0.39, 0.29) is 11.4 Å². The molecule has 0 unspecified atom stereocenters. The quantitative estimate of drug-likeness (QED) is 0.803. The van der Waals surface area contributed by atoms with E-state index in [1.54, 1.807) is 0 Å². The minimum Gasteiger partial charge on any atom is -0.360 e. The Morgan fingerprint density at radius 2 is 1.76 bits per heavy atom.